The maximum Gasteiger partial charge on any atom is 0.305 e. The molecule has 0 bridgehead atoms. The van der Waals surface area contributed by atoms with Crippen LogP contribution in [-0.4, -0.2) is 30.1 Å². The molecule has 5 nitrogen and oxygen atoms in total. The zero-order chi connectivity index (χ0) is 14.1. The van der Waals surface area contributed by atoms with Gasteiger partial charge in [-0.2, -0.15) is 0 Å². The van der Waals surface area contributed by atoms with Crippen LogP contribution >= 0.6 is 0 Å². The summed E-state index contributed by atoms with van der Waals surface area (Å²) in [5.74, 6) is -0.394. The predicted octanol–water partition coefficient (Wildman–Crippen LogP) is 1.61. The van der Waals surface area contributed by atoms with E-state index in [0.29, 0.717) is 0 Å². The standard InChI is InChI=1S/C14H19NO4/c1-2-11-3-5-12(6-4-11)19-10-8-13(16)15-9-7-14(17)18/h3-6H,2,7-10H2,1H3,(H,15,16)(H,17,18). The summed E-state index contributed by atoms with van der Waals surface area (Å²) >= 11 is 0. The van der Waals surface area contributed by atoms with E-state index in [-0.39, 0.29) is 31.9 Å². The van der Waals surface area contributed by atoms with Crippen molar-refractivity contribution < 1.29 is 19.4 Å². The molecule has 0 saturated heterocycles. The second kappa shape index (κ2) is 8.13. The largest absolute Gasteiger partial charge is 0.493 e. The third-order valence-corrected chi connectivity index (χ3v) is 2.59. The van der Waals surface area contributed by atoms with Crippen molar-refractivity contribution in [2.75, 3.05) is 13.2 Å². The van der Waals surface area contributed by atoms with Gasteiger partial charge in [-0.05, 0) is 24.1 Å². The summed E-state index contributed by atoms with van der Waals surface area (Å²) in [5.41, 5.74) is 1.23. The number of aryl methyl sites for hydroxylation is 1. The van der Waals surface area contributed by atoms with Crippen molar-refractivity contribution in [3.8, 4) is 5.75 Å². The Morgan fingerprint density at radius 3 is 2.47 bits per heavy atom. The van der Waals surface area contributed by atoms with E-state index in [1.165, 1.54) is 5.56 Å². The van der Waals surface area contributed by atoms with E-state index >= 15 is 0 Å². The van der Waals surface area contributed by atoms with Crippen LogP contribution in [0.5, 0.6) is 5.75 Å². The molecule has 0 unspecified atom stereocenters. The molecule has 0 aromatic heterocycles. The fourth-order valence-electron chi connectivity index (χ4n) is 1.48. The van der Waals surface area contributed by atoms with Crippen LogP contribution in [-0.2, 0) is 16.0 Å². The quantitative estimate of drug-likeness (QED) is 0.748. The molecule has 0 radical (unpaired) electrons. The number of nitrogens with one attached hydrogen (secondary N) is 1. The molecule has 1 aromatic carbocycles. The Morgan fingerprint density at radius 1 is 1.21 bits per heavy atom. The molecule has 0 aliphatic heterocycles. The van der Waals surface area contributed by atoms with Crippen molar-refractivity contribution >= 4 is 11.9 Å². The first-order valence-corrected chi connectivity index (χ1v) is 6.32. The van der Waals surface area contributed by atoms with Gasteiger partial charge in [0.1, 0.15) is 5.75 Å². The number of hydrogen-bond acceptors (Lipinski definition) is 3. The molecule has 0 aliphatic rings. The number of amides is 1. The van der Waals surface area contributed by atoms with Crippen molar-refractivity contribution in [2.45, 2.75) is 26.2 Å². The fraction of sp³-hybridized carbons (Fsp3) is 0.429. The predicted molar refractivity (Wildman–Crippen MR) is 71.2 cm³/mol. The number of benzene rings is 1. The Morgan fingerprint density at radius 2 is 1.89 bits per heavy atom. The Kier molecular flexibility index (Phi) is 6.43. The summed E-state index contributed by atoms with van der Waals surface area (Å²) in [6.07, 6.45) is 1.13. The highest BCUT2D eigenvalue weighted by Crippen LogP contribution is 2.12. The van der Waals surface area contributed by atoms with E-state index in [0.717, 1.165) is 12.2 Å². The molecule has 5 heteroatoms. The molecule has 1 amide bonds. The van der Waals surface area contributed by atoms with Gasteiger partial charge < -0.3 is 15.2 Å². The molecule has 1 rings (SSSR count). The molecular weight excluding hydrogens is 246 g/mol. The summed E-state index contributed by atoms with van der Waals surface area (Å²) in [4.78, 5) is 21.6. The Hall–Kier alpha value is -2.04. The second-order valence-electron chi connectivity index (χ2n) is 4.09. The summed E-state index contributed by atoms with van der Waals surface area (Å²) in [7, 11) is 0. The van der Waals surface area contributed by atoms with Gasteiger partial charge in [0.05, 0.1) is 19.4 Å². The minimum atomic E-state index is -0.924. The monoisotopic (exact) mass is 265 g/mol. The van der Waals surface area contributed by atoms with Crippen molar-refractivity contribution in [2.24, 2.45) is 0 Å². The van der Waals surface area contributed by atoms with Crippen LogP contribution in [0.15, 0.2) is 24.3 Å². The van der Waals surface area contributed by atoms with Gasteiger partial charge in [0, 0.05) is 6.54 Å². The first-order chi connectivity index (χ1) is 9.11. The van der Waals surface area contributed by atoms with Gasteiger partial charge in [-0.15, -0.1) is 0 Å². The molecule has 0 aliphatic carbocycles. The molecular formula is C14H19NO4. The zero-order valence-corrected chi connectivity index (χ0v) is 11.0. The lowest BCUT2D eigenvalue weighted by molar-refractivity contribution is -0.136. The molecule has 104 valence electrons. The number of carboxylic acids is 1. The molecule has 19 heavy (non-hydrogen) atoms. The van der Waals surface area contributed by atoms with Crippen LogP contribution < -0.4 is 10.1 Å². The number of rotatable bonds is 8. The van der Waals surface area contributed by atoms with Gasteiger partial charge in [-0.1, -0.05) is 19.1 Å². The smallest absolute Gasteiger partial charge is 0.305 e. The first kappa shape index (κ1) is 15.0. The number of ether oxygens (including phenoxy) is 1. The van der Waals surface area contributed by atoms with E-state index < -0.39 is 5.97 Å². The maximum atomic E-state index is 11.3. The molecule has 0 spiro atoms. The van der Waals surface area contributed by atoms with E-state index in [1.807, 2.05) is 24.3 Å². The minimum absolute atomic E-state index is 0.0644. The van der Waals surface area contributed by atoms with Crippen molar-refractivity contribution in [1.82, 2.24) is 5.32 Å². The van der Waals surface area contributed by atoms with Crippen LogP contribution in [0, 0.1) is 0 Å². The number of carbonyl (C=O) groups is 2. The van der Waals surface area contributed by atoms with Gasteiger partial charge in [0.15, 0.2) is 0 Å². The van der Waals surface area contributed by atoms with Gasteiger partial charge in [0.2, 0.25) is 5.91 Å². The van der Waals surface area contributed by atoms with Crippen LogP contribution in [0.2, 0.25) is 0 Å². The van der Waals surface area contributed by atoms with Crippen molar-refractivity contribution in [1.29, 1.82) is 0 Å². The highest BCUT2D eigenvalue weighted by atomic mass is 16.5. The van der Waals surface area contributed by atoms with Crippen LogP contribution in [0.1, 0.15) is 25.3 Å². The highest BCUT2D eigenvalue weighted by Gasteiger charge is 2.03. The summed E-state index contributed by atoms with van der Waals surface area (Å²) < 4.78 is 5.43. The number of carbonyl (C=O) groups excluding carboxylic acids is 1. The van der Waals surface area contributed by atoms with Crippen LogP contribution in [0.25, 0.3) is 0 Å². The number of aliphatic carboxylic acids is 1. The van der Waals surface area contributed by atoms with E-state index in [2.05, 4.69) is 12.2 Å². The lowest BCUT2D eigenvalue weighted by atomic mass is 10.2. The fourth-order valence-corrected chi connectivity index (χ4v) is 1.48. The average molecular weight is 265 g/mol. The molecule has 0 fully saturated rings. The molecule has 2 N–H and O–H groups in total. The van der Waals surface area contributed by atoms with Crippen LogP contribution in [0.3, 0.4) is 0 Å². The highest BCUT2D eigenvalue weighted by molar-refractivity contribution is 5.76. The van der Waals surface area contributed by atoms with Crippen LogP contribution in [0.4, 0.5) is 0 Å². The Bertz CT molecular complexity index is 414. The van der Waals surface area contributed by atoms with Gasteiger partial charge in [-0.25, -0.2) is 0 Å². The topological polar surface area (TPSA) is 75.6 Å². The first-order valence-electron chi connectivity index (χ1n) is 6.32. The third kappa shape index (κ3) is 6.45. The van der Waals surface area contributed by atoms with E-state index in [1.54, 1.807) is 0 Å². The van der Waals surface area contributed by atoms with Gasteiger partial charge in [0.25, 0.3) is 0 Å². The summed E-state index contributed by atoms with van der Waals surface area (Å²) in [6, 6.07) is 7.73. The lowest BCUT2D eigenvalue weighted by Gasteiger charge is -2.07. The normalized spacial score (nSPS) is 9.95. The average Bonchev–Trinajstić information content (AvgIpc) is 2.39. The number of hydrogen-bond donors (Lipinski definition) is 2. The Balaban J connectivity index is 2.18. The molecule has 1 aromatic rings. The molecule has 0 heterocycles. The lowest BCUT2D eigenvalue weighted by Crippen LogP contribution is -2.27. The molecule has 0 saturated carbocycles. The maximum absolute atomic E-state index is 11.3. The minimum Gasteiger partial charge on any atom is -0.493 e. The van der Waals surface area contributed by atoms with E-state index in [4.69, 9.17) is 9.84 Å². The van der Waals surface area contributed by atoms with E-state index in [9.17, 15) is 9.59 Å². The summed E-state index contributed by atoms with van der Waals surface area (Å²) in [5, 5.41) is 10.9. The zero-order valence-electron chi connectivity index (χ0n) is 11.0. The van der Waals surface area contributed by atoms with Gasteiger partial charge in [-0.3, -0.25) is 9.59 Å². The molecule has 0 atom stereocenters. The number of carboxylic acid groups (broad SMARTS) is 1. The van der Waals surface area contributed by atoms with Crippen molar-refractivity contribution in [3.63, 3.8) is 0 Å². The third-order valence-electron chi connectivity index (χ3n) is 2.59. The summed E-state index contributed by atoms with van der Waals surface area (Å²) in [6.45, 7) is 2.51. The van der Waals surface area contributed by atoms with Crippen molar-refractivity contribution in [3.05, 3.63) is 29.8 Å². The Labute approximate surface area is 112 Å². The SMILES string of the molecule is CCc1ccc(OCCC(=O)NCCC(=O)O)cc1. The second-order valence-corrected chi connectivity index (χ2v) is 4.09. The van der Waals surface area contributed by atoms with Gasteiger partial charge >= 0.3 is 5.97 Å².